The summed E-state index contributed by atoms with van der Waals surface area (Å²) >= 11 is 0. The molecule has 80 valence electrons. The molecule has 0 spiro atoms. The number of nitrogens with one attached hydrogen (secondary N) is 1. The molecule has 1 aliphatic heterocycles. The summed E-state index contributed by atoms with van der Waals surface area (Å²) in [5, 5.41) is 3.12. The number of hydrogen-bond acceptors (Lipinski definition) is 3. The topological polar surface area (TPSA) is 38.3 Å². The van der Waals surface area contributed by atoms with Crippen LogP contribution in [0.4, 0.5) is 0 Å². The van der Waals surface area contributed by atoms with Crippen LogP contribution in [0.5, 0.6) is 0 Å². The zero-order valence-electron chi connectivity index (χ0n) is 8.77. The summed E-state index contributed by atoms with van der Waals surface area (Å²) in [7, 11) is 1.87. The van der Waals surface area contributed by atoms with Crippen molar-refractivity contribution in [3.8, 4) is 0 Å². The highest BCUT2D eigenvalue weighted by atomic mass is 16.5. The van der Waals surface area contributed by atoms with Gasteiger partial charge in [-0.3, -0.25) is 4.79 Å². The predicted octanol–water partition coefficient (Wildman–Crippen LogP) is 1.10. The van der Waals surface area contributed by atoms with Crippen LogP contribution in [-0.4, -0.2) is 32.1 Å². The van der Waals surface area contributed by atoms with Gasteiger partial charge >= 0.3 is 0 Å². The van der Waals surface area contributed by atoms with Crippen LogP contribution in [0.25, 0.3) is 0 Å². The van der Waals surface area contributed by atoms with E-state index in [2.05, 4.69) is 5.32 Å². The van der Waals surface area contributed by atoms with Crippen molar-refractivity contribution in [3.63, 3.8) is 0 Å². The highest BCUT2D eigenvalue weighted by Crippen LogP contribution is 2.18. The fourth-order valence-electron chi connectivity index (χ4n) is 1.91. The predicted molar refractivity (Wildman–Crippen MR) is 57.9 cm³/mol. The van der Waals surface area contributed by atoms with E-state index in [0.29, 0.717) is 13.2 Å². The Morgan fingerprint density at radius 3 is 2.73 bits per heavy atom. The van der Waals surface area contributed by atoms with E-state index in [9.17, 15) is 4.79 Å². The Morgan fingerprint density at radius 1 is 1.33 bits per heavy atom. The molecule has 3 nitrogen and oxygen atoms in total. The van der Waals surface area contributed by atoms with Crippen LogP contribution in [0, 0.1) is 5.92 Å². The van der Waals surface area contributed by atoms with Crippen molar-refractivity contribution in [3.05, 3.63) is 35.9 Å². The molecule has 15 heavy (non-hydrogen) atoms. The van der Waals surface area contributed by atoms with Crippen molar-refractivity contribution in [2.45, 2.75) is 6.04 Å². The van der Waals surface area contributed by atoms with Crippen molar-refractivity contribution in [1.29, 1.82) is 0 Å². The molecule has 1 heterocycles. The summed E-state index contributed by atoms with van der Waals surface area (Å²) in [4.78, 5) is 12.1. The summed E-state index contributed by atoms with van der Waals surface area (Å²) in [6.45, 7) is 1.15. The molecular formula is C12H15NO2. The third kappa shape index (κ3) is 2.08. The Balaban J connectivity index is 2.14. The van der Waals surface area contributed by atoms with Crippen LogP contribution < -0.4 is 5.32 Å². The SMILES string of the molecule is CNC1COCC1C(=O)c1ccccc1. The van der Waals surface area contributed by atoms with Gasteiger partial charge in [-0.15, -0.1) is 0 Å². The molecular weight excluding hydrogens is 190 g/mol. The molecule has 1 N–H and O–H groups in total. The standard InChI is InChI=1S/C12H15NO2/c1-13-11-8-15-7-10(11)12(14)9-5-3-2-4-6-9/h2-6,10-11,13H,7-8H2,1H3. The lowest BCUT2D eigenvalue weighted by atomic mass is 9.93. The van der Waals surface area contributed by atoms with Gasteiger partial charge in [0.1, 0.15) is 0 Å². The Labute approximate surface area is 89.4 Å². The minimum atomic E-state index is -0.0441. The molecule has 0 aliphatic carbocycles. The molecule has 3 heteroatoms. The molecule has 0 saturated carbocycles. The van der Waals surface area contributed by atoms with Gasteiger partial charge < -0.3 is 10.1 Å². The van der Waals surface area contributed by atoms with E-state index in [1.807, 2.05) is 37.4 Å². The number of carbonyl (C=O) groups excluding carboxylic acids is 1. The quantitative estimate of drug-likeness (QED) is 0.751. The maximum atomic E-state index is 12.1. The number of ketones is 1. The van der Waals surface area contributed by atoms with Gasteiger partial charge in [-0.05, 0) is 7.05 Å². The molecule has 0 radical (unpaired) electrons. The summed E-state index contributed by atoms with van der Waals surface area (Å²) in [6.07, 6.45) is 0. The average molecular weight is 205 g/mol. The summed E-state index contributed by atoms with van der Waals surface area (Å²) in [6, 6.07) is 9.55. The third-order valence-corrected chi connectivity index (χ3v) is 2.85. The van der Waals surface area contributed by atoms with Gasteiger partial charge in [0.05, 0.1) is 19.1 Å². The lowest BCUT2D eigenvalue weighted by Gasteiger charge is -2.15. The maximum absolute atomic E-state index is 12.1. The first-order chi connectivity index (χ1) is 7.33. The number of likely N-dealkylation sites (N-methyl/N-ethyl adjacent to an activating group) is 1. The van der Waals surface area contributed by atoms with Crippen molar-refractivity contribution in [1.82, 2.24) is 5.32 Å². The normalized spacial score (nSPS) is 25.4. The summed E-state index contributed by atoms with van der Waals surface area (Å²) in [5.41, 5.74) is 0.772. The molecule has 2 unspecified atom stereocenters. The first-order valence-electron chi connectivity index (χ1n) is 5.17. The number of benzene rings is 1. The van der Waals surface area contributed by atoms with Gasteiger partial charge in [-0.1, -0.05) is 30.3 Å². The first kappa shape index (κ1) is 10.3. The van der Waals surface area contributed by atoms with Gasteiger partial charge in [0.25, 0.3) is 0 Å². The van der Waals surface area contributed by atoms with Crippen molar-refractivity contribution in [2.24, 2.45) is 5.92 Å². The van der Waals surface area contributed by atoms with E-state index in [1.54, 1.807) is 0 Å². The molecule has 1 aliphatic rings. The Kier molecular flexibility index (Phi) is 3.14. The number of rotatable bonds is 3. The van der Waals surface area contributed by atoms with Crippen LogP contribution in [0.1, 0.15) is 10.4 Å². The molecule has 1 saturated heterocycles. The molecule has 1 aromatic rings. The van der Waals surface area contributed by atoms with E-state index in [1.165, 1.54) is 0 Å². The zero-order chi connectivity index (χ0) is 10.7. The Bertz CT molecular complexity index is 337. The van der Waals surface area contributed by atoms with Gasteiger partial charge in [0.15, 0.2) is 5.78 Å². The van der Waals surface area contributed by atoms with Crippen LogP contribution in [0.2, 0.25) is 0 Å². The van der Waals surface area contributed by atoms with E-state index < -0.39 is 0 Å². The molecule has 1 fully saturated rings. The van der Waals surface area contributed by atoms with Gasteiger partial charge in [-0.25, -0.2) is 0 Å². The number of ether oxygens (including phenoxy) is 1. The molecule has 0 bridgehead atoms. The molecule has 0 aromatic heterocycles. The average Bonchev–Trinajstić information content (AvgIpc) is 2.77. The largest absolute Gasteiger partial charge is 0.379 e. The van der Waals surface area contributed by atoms with E-state index in [0.717, 1.165) is 5.56 Å². The second kappa shape index (κ2) is 4.55. The highest BCUT2D eigenvalue weighted by molar-refractivity contribution is 5.98. The van der Waals surface area contributed by atoms with E-state index >= 15 is 0 Å². The van der Waals surface area contributed by atoms with Gasteiger partial charge in [0.2, 0.25) is 0 Å². The van der Waals surface area contributed by atoms with E-state index in [-0.39, 0.29) is 17.7 Å². The molecule has 2 atom stereocenters. The second-order valence-electron chi connectivity index (χ2n) is 3.77. The minimum Gasteiger partial charge on any atom is -0.379 e. The van der Waals surface area contributed by atoms with E-state index in [4.69, 9.17) is 4.74 Å². The Hall–Kier alpha value is -1.19. The second-order valence-corrected chi connectivity index (χ2v) is 3.77. The van der Waals surface area contributed by atoms with Gasteiger partial charge in [0, 0.05) is 11.6 Å². The van der Waals surface area contributed by atoms with Crippen molar-refractivity contribution >= 4 is 5.78 Å². The monoisotopic (exact) mass is 205 g/mol. The van der Waals surface area contributed by atoms with Crippen LogP contribution in [0.3, 0.4) is 0 Å². The van der Waals surface area contributed by atoms with Crippen LogP contribution in [0.15, 0.2) is 30.3 Å². The lowest BCUT2D eigenvalue weighted by Crippen LogP contribution is -2.36. The third-order valence-electron chi connectivity index (χ3n) is 2.85. The lowest BCUT2D eigenvalue weighted by molar-refractivity contribution is 0.0892. The fraction of sp³-hybridized carbons (Fsp3) is 0.417. The van der Waals surface area contributed by atoms with Crippen molar-refractivity contribution in [2.75, 3.05) is 20.3 Å². The fourth-order valence-corrected chi connectivity index (χ4v) is 1.91. The van der Waals surface area contributed by atoms with Crippen LogP contribution in [-0.2, 0) is 4.74 Å². The zero-order valence-corrected chi connectivity index (χ0v) is 8.77. The van der Waals surface area contributed by atoms with Gasteiger partial charge in [-0.2, -0.15) is 0 Å². The summed E-state index contributed by atoms with van der Waals surface area (Å²) in [5.74, 6) is 0.129. The number of carbonyl (C=O) groups is 1. The summed E-state index contributed by atoms with van der Waals surface area (Å²) < 4.78 is 5.32. The minimum absolute atomic E-state index is 0.0441. The molecule has 1 aromatic carbocycles. The van der Waals surface area contributed by atoms with Crippen LogP contribution >= 0.6 is 0 Å². The molecule has 0 amide bonds. The number of Topliss-reactive ketones (excluding diaryl/α,β-unsaturated/α-hetero) is 1. The smallest absolute Gasteiger partial charge is 0.169 e. The highest BCUT2D eigenvalue weighted by Gasteiger charge is 2.33. The first-order valence-corrected chi connectivity index (χ1v) is 5.17. The molecule has 2 rings (SSSR count). The number of hydrogen-bond donors (Lipinski definition) is 1. The van der Waals surface area contributed by atoms with Crippen molar-refractivity contribution < 1.29 is 9.53 Å². The Morgan fingerprint density at radius 2 is 2.07 bits per heavy atom. The maximum Gasteiger partial charge on any atom is 0.169 e.